The van der Waals surface area contributed by atoms with Crippen molar-refractivity contribution >= 4 is 11.9 Å². The van der Waals surface area contributed by atoms with Crippen molar-refractivity contribution < 1.29 is 14.3 Å². The highest BCUT2D eigenvalue weighted by molar-refractivity contribution is 5.90. The number of carbonyl (C=O) groups is 2. The lowest BCUT2D eigenvalue weighted by Gasteiger charge is -2.24. The van der Waals surface area contributed by atoms with E-state index in [0.29, 0.717) is 17.0 Å². The molecule has 0 aliphatic heterocycles. The third kappa shape index (κ3) is 4.37. The maximum Gasteiger partial charge on any atom is 0.337 e. The molecular formula is C16H21N5O3. The molecule has 128 valence electrons. The van der Waals surface area contributed by atoms with E-state index in [0.717, 1.165) is 6.42 Å². The van der Waals surface area contributed by atoms with Gasteiger partial charge in [0.15, 0.2) is 0 Å². The van der Waals surface area contributed by atoms with Crippen molar-refractivity contribution in [3.63, 3.8) is 0 Å². The minimum absolute atomic E-state index is 0.0207. The first-order valence-electron chi connectivity index (χ1n) is 7.62. The standard InChI is InChI=1S/C16H21N5O3/c1-5-16(2,3)17-13(22)10-21-19-14(18-20-21)11-7-6-8-12(9-11)15(23)24-4/h6-9H,5,10H2,1-4H3,(H,17,22). The summed E-state index contributed by atoms with van der Waals surface area (Å²) in [6.45, 7) is 5.88. The van der Waals surface area contributed by atoms with Gasteiger partial charge in [0, 0.05) is 11.1 Å². The summed E-state index contributed by atoms with van der Waals surface area (Å²) in [7, 11) is 1.32. The molecule has 0 atom stereocenters. The summed E-state index contributed by atoms with van der Waals surface area (Å²) in [6.07, 6.45) is 0.815. The largest absolute Gasteiger partial charge is 0.465 e. The van der Waals surface area contributed by atoms with Gasteiger partial charge in [-0.1, -0.05) is 19.1 Å². The van der Waals surface area contributed by atoms with E-state index in [1.54, 1.807) is 24.3 Å². The molecule has 0 fully saturated rings. The van der Waals surface area contributed by atoms with Crippen LogP contribution in [-0.2, 0) is 16.1 Å². The van der Waals surface area contributed by atoms with Crippen LogP contribution in [0.15, 0.2) is 24.3 Å². The number of nitrogens with zero attached hydrogens (tertiary/aromatic N) is 4. The highest BCUT2D eigenvalue weighted by atomic mass is 16.5. The quantitative estimate of drug-likeness (QED) is 0.804. The Morgan fingerprint density at radius 3 is 2.75 bits per heavy atom. The number of ether oxygens (including phenoxy) is 1. The molecule has 8 heteroatoms. The van der Waals surface area contributed by atoms with E-state index in [-0.39, 0.29) is 18.0 Å². The van der Waals surface area contributed by atoms with Gasteiger partial charge in [0.25, 0.3) is 0 Å². The van der Waals surface area contributed by atoms with Crippen LogP contribution in [0.5, 0.6) is 0 Å². The zero-order chi connectivity index (χ0) is 17.7. The molecule has 0 unspecified atom stereocenters. The third-order valence-corrected chi connectivity index (χ3v) is 3.64. The zero-order valence-corrected chi connectivity index (χ0v) is 14.2. The fraction of sp³-hybridized carbons (Fsp3) is 0.438. The number of aromatic nitrogens is 4. The predicted octanol–water partition coefficient (Wildman–Crippen LogP) is 1.43. The van der Waals surface area contributed by atoms with E-state index in [4.69, 9.17) is 0 Å². The molecule has 1 heterocycles. The number of benzene rings is 1. The first kappa shape index (κ1) is 17.6. The van der Waals surface area contributed by atoms with Crippen LogP contribution < -0.4 is 5.32 Å². The van der Waals surface area contributed by atoms with Gasteiger partial charge in [0.1, 0.15) is 6.54 Å². The summed E-state index contributed by atoms with van der Waals surface area (Å²) < 4.78 is 4.69. The molecule has 1 N–H and O–H groups in total. The number of hydrogen-bond acceptors (Lipinski definition) is 6. The van der Waals surface area contributed by atoms with Crippen LogP contribution in [-0.4, -0.2) is 44.7 Å². The zero-order valence-electron chi connectivity index (χ0n) is 14.2. The molecule has 1 amide bonds. The first-order chi connectivity index (χ1) is 11.3. The molecule has 24 heavy (non-hydrogen) atoms. The Bertz CT molecular complexity index is 739. The number of hydrogen-bond donors (Lipinski definition) is 1. The Balaban J connectivity index is 2.11. The Morgan fingerprint density at radius 2 is 2.08 bits per heavy atom. The molecule has 0 bridgehead atoms. The summed E-state index contributed by atoms with van der Waals surface area (Å²) in [5.41, 5.74) is 0.738. The van der Waals surface area contributed by atoms with Crippen molar-refractivity contribution in [1.29, 1.82) is 0 Å². The average molecular weight is 331 g/mol. The third-order valence-electron chi connectivity index (χ3n) is 3.64. The maximum atomic E-state index is 12.0. The second-order valence-electron chi connectivity index (χ2n) is 6.00. The maximum absolute atomic E-state index is 12.0. The number of amides is 1. The molecule has 2 rings (SSSR count). The van der Waals surface area contributed by atoms with Gasteiger partial charge in [-0.15, -0.1) is 10.2 Å². The molecule has 1 aromatic heterocycles. The summed E-state index contributed by atoms with van der Waals surface area (Å²) in [5, 5.41) is 14.9. The lowest BCUT2D eigenvalue weighted by molar-refractivity contribution is -0.123. The number of methoxy groups -OCH3 is 1. The number of carbonyl (C=O) groups excluding carboxylic acids is 2. The minimum Gasteiger partial charge on any atom is -0.465 e. The van der Waals surface area contributed by atoms with Gasteiger partial charge in [-0.3, -0.25) is 4.79 Å². The highest BCUT2D eigenvalue weighted by Gasteiger charge is 2.19. The van der Waals surface area contributed by atoms with Gasteiger partial charge >= 0.3 is 5.97 Å². The Labute approximate surface area is 140 Å². The van der Waals surface area contributed by atoms with Gasteiger partial charge in [-0.2, -0.15) is 4.80 Å². The van der Waals surface area contributed by atoms with E-state index in [1.807, 2.05) is 20.8 Å². The van der Waals surface area contributed by atoms with E-state index < -0.39 is 5.97 Å². The number of rotatable bonds is 6. The number of esters is 1. The van der Waals surface area contributed by atoms with Crippen LogP contribution in [0.1, 0.15) is 37.6 Å². The van der Waals surface area contributed by atoms with Crippen molar-refractivity contribution in [2.75, 3.05) is 7.11 Å². The van der Waals surface area contributed by atoms with Crippen LogP contribution in [0.3, 0.4) is 0 Å². The van der Waals surface area contributed by atoms with Crippen LogP contribution >= 0.6 is 0 Å². The Hall–Kier alpha value is -2.77. The van der Waals surface area contributed by atoms with E-state index >= 15 is 0 Å². The van der Waals surface area contributed by atoms with Crippen molar-refractivity contribution in [1.82, 2.24) is 25.5 Å². The fourth-order valence-corrected chi connectivity index (χ4v) is 1.96. The van der Waals surface area contributed by atoms with Gasteiger partial charge in [0.05, 0.1) is 12.7 Å². The van der Waals surface area contributed by atoms with Gasteiger partial charge in [0.2, 0.25) is 11.7 Å². The molecule has 0 saturated heterocycles. The molecule has 0 saturated carbocycles. The summed E-state index contributed by atoms with van der Waals surface area (Å²) in [5.74, 6) is -0.289. The van der Waals surface area contributed by atoms with Crippen molar-refractivity contribution in [2.45, 2.75) is 39.3 Å². The predicted molar refractivity (Wildman–Crippen MR) is 87.1 cm³/mol. The smallest absolute Gasteiger partial charge is 0.337 e. The molecule has 0 radical (unpaired) electrons. The molecule has 0 aliphatic carbocycles. The summed E-state index contributed by atoms with van der Waals surface area (Å²) >= 11 is 0. The minimum atomic E-state index is -0.439. The first-order valence-corrected chi connectivity index (χ1v) is 7.62. The van der Waals surface area contributed by atoms with E-state index in [1.165, 1.54) is 11.9 Å². The second kappa shape index (κ2) is 7.20. The molecule has 0 aliphatic rings. The van der Waals surface area contributed by atoms with Gasteiger partial charge < -0.3 is 10.1 Å². The average Bonchev–Trinajstić information content (AvgIpc) is 3.02. The van der Waals surface area contributed by atoms with Crippen LogP contribution in [0.2, 0.25) is 0 Å². The summed E-state index contributed by atoms with van der Waals surface area (Å²) in [4.78, 5) is 24.8. The molecular weight excluding hydrogens is 310 g/mol. The lowest BCUT2D eigenvalue weighted by atomic mass is 10.0. The molecule has 2 aromatic rings. The molecule has 1 aromatic carbocycles. The topological polar surface area (TPSA) is 99.0 Å². The van der Waals surface area contributed by atoms with Gasteiger partial charge in [-0.05, 0) is 37.6 Å². The normalized spacial score (nSPS) is 11.2. The van der Waals surface area contributed by atoms with Crippen LogP contribution in [0.25, 0.3) is 11.4 Å². The van der Waals surface area contributed by atoms with E-state index in [9.17, 15) is 9.59 Å². The number of tetrazole rings is 1. The fourth-order valence-electron chi connectivity index (χ4n) is 1.96. The Morgan fingerprint density at radius 1 is 1.33 bits per heavy atom. The van der Waals surface area contributed by atoms with Crippen molar-refractivity contribution in [2.24, 2.45) is 0 Å². The highest BCUT2D eigenvalue weighted by Crippen LogP contribution is 2.16. The van der Waals surface area contributed by atoms with Crippen molar-refractivity contribution in [3.05, 3.63) is 29.8 Å². The monoisotopic (exact) mass is 331 g/mol. The summed E-state index contributed by atoms with van der Waals surface area (Å²) in [6, 6.07) is 6.72. The van der Waals surface area contributed by atoms with Crippen molar-refractivity contribution in [3.8, 4) is 11.4 Å². The SMILES string of the molecule is CCC(C)(C)NC(=O)Cn1nnc(-c2cccc(C(=O)OC)c2)n1. The Kier molecular flexibility index (Phi) is 5.28. The molecule has 0 spiro atoms. The molecule has 8 nitrogen and oxygen atoms in total. The number of nitrogens with one attached hydrogen (secondary N) is 1. The second-order valence-corrected chi connectivity index (χ2v) is 6.00. The van der Waals surface area contributed by atoms with Gasteiger partial charge in [-0.25, -0.2) is 4.79 Å². The van der Waals surface area contributed by atoms with Crippen LogP contribution in [0, 0.1) is 0 Å². The van der Waals surface area contributed by atoms with E-state index in [2.05, 4.69) is 25.5 Å². The van der Waals surface area contributed by atoms with Crippen LogP contribution in [0.4, 0.5) is 0 Å². The lowest BCUT2D eigenvalue weighted by Crippen LogP contribution is -2.44.